The van der Waals surface area contributed by atoms with Crippen LogP contribution in [-0.4, -0.2) is 0 Å². The predicted octanol–water partition coefficient (Wildman–Crippen LogP) is 4.00. The van der Waals surface area contributed by atoms with E-state index in [4.69, 9.17) is 0 Å². The molecule has 0 bridgehead atoms. The minimum absolute atomic E-state index is 0.337. The van der Waals surface area contributed by atoms with Crippen LogP contribution in [0.4, 0.5) is 0 Å². The molecule has 1 heteroatoms. The van der Waals surface area contributed by atoms with E-state index >= 15 is 0 Å². The third-order valence-electron chi connectivity index (χ3n) is 5.42. The Kier molecular flexibility index (Phi) is 2.79. The van der Waals surface area contributed by atoms with Gasteiger partial charge in [-0.15, -0.1) is 0 Å². The largest absolute Gasteiger partial charge is 0.198 e. The summed E-state index contributed by atoms with van der Waals surface area (Å²) in [6.45, 7) is 7.12. The maximum Gasteiger partial charge on any atom is 0.0661 e. The fourth-order valence-corrected chi connectivity index (χ4v) is 4.38. The summed E-state index contributed by atoms with van der Waals surface area (Å²) < 4.78 is 0. The Balaban J connectivity index is 2.25. The van der Waals surface area contributed by atoms with Gasteiger partial charge in [0.15, 0.2) is 0 Å². The van der Waals surface area contributed by atoms with Crippen LogP contribution in [0.1, 0.15) is 52.9 Å². The van der Waals surface area contributed by atoms with Crippen LogP contribution in [0.3, 0.4) is 0 Å². The molecule has 84 valence electrons. The zero-order valence-corrected chi connectivity index (χ0v) is 10.3. The minimum Gasteiger partial charge on any atom is -0.198 e. The molecular formula is C14H23N. The van der Waals surface area contributed by atoms with E-state index in [1.54, 1.807) is 0 Å². The highest BCUT2D eigenvalue weighted by molar-refractivity contribution is 5.07. The van der Waals surface area contributed by atoms with Crippen molar-refractivity contribution in [2.75, 3.05) is 0 Å². The monoisotopic (exact) mass is 205 g/mol. The second-order valence-electron chi connectivity index (χ2n) is 5.96. The van der Waals surface area contributed by atoms with E-state index in [9.17, 15) is 5.26 Å². The van der Waals surface area contributed by atoms with Gasteiger partial charge in [0.05, 0.1) is 12.0 Å². The minimum atomic E-state index is 0.337. The van der Waals surface area contributed by atoms with Gasteiger partial charge in [-0.3, -0.25) is 0 Å². The number of nitrogens with zero attached hydrogens (tertiary/aromatic N) is 1. The Hall–Kier alpha value is -0.510. The summed E-state index contributed by atoms with van der Waals surface area (Å²) in [4.78, 5) is 0. The van der Waals surface area contributed by atoms with Gasteiger partial charge in [-0.25, -0.2) is 0 Å². The summed E-state index contributed by atoms with van der Waals surface area (Å²) in [5.41, 5.74) is 0.349. The van der Waals surface area contributed by atoms with Crippen LogP contribution in [0.2, 0.25) is 0 Å². The standard InChI is InChI=1S/C14H23N/c1-4-12-10(2)7-8-14(3)11(9-15)5-6-13(12)14/h10-13H,4-8H2,1-3H3. The van der Waals surface area contributed by atoms with Gasteiger partial charge in [-0.05, 0) is 48.9 Å². The average molecular weight is 205 g/mol. The van der Waals surface area contributed by atoms with E-state index in [1.165, 1.54) is 25.7 Å². The van der Waals surface area contributed by atoms with Crippen molar-refractivity contribution in [2.24, 2.45) is 29.1 Å². The molecule has 2 aliphatic rings. The lowest BCUT2D eigenvalue weighted by molar-refractivity contribution is 0.0295. The number of rotatable bonds is 1. The van der Waals surface area contributed by atoms with Gasteiger partial charge in [-0.2, -0.15) is 5.26 Å². The van der Waals surface area contributed by atoms with Crippen LogP contribution in [0.25, 0.3) is 0 Å². The van der Waals surface area contributed by atoms with Gasteiger partial charge < -0.3 is 0 Å². The van der Waals surface area contributed by atoms with E-state index in [0.717, 1.165) is 24.2 Å². The van der Waals surface area contributed by atoms with E-state index in [1.807, 2.05) is 0 Å². The summed E-state index contributed by atoms with van der Waals surface area (Å²) in [7, 11) is 0. The molecule has 0 radical (unpaired) electrons. The van der Waals surface area contributed by atoms with E-state index in [-0.39, 0.29) is 0 Å². The summed E-state index contributed by atoms with van der Waals surface area (Å²) in [5, 5.41) is 9.25. The van der Waals surface area contributed by atoms with Gasteiger partial charge in [-0.1, -0.05) is 27.2 Å². The van der Waals surface area contributed by atoms with Crippen molar-refractivity contribution in [1.82, 2.24) is 0 Å². The molecule has 0 spiro atoms. The molecule has 2 saturated carbocycles. The Bertz CT molecular complexity index is 278. The van der Waals surface area contributed by atoms with Crippen molar-refractivity contribution in [3.05, 3.63) is 0 Å². The molecule has 0 aromatic rings. The summed E-state index contributed by atoms with van der Waals surface area (Å²) in [5.74, 6) is 2.92. The van der Waals surface area contributed by atoms with Gasteiger partial charge in [0.25, 0.3) is 0 Å². The van der Waals surface area contributed by atoms with Crippen LogP contribution in [-0.2, 0) is 0 Å². The predicted molar refractivity (Wildman–Crippen MR) is 62.1 cm³/mol. The van der Waals surface area contributed by atoms with E-state index in [2.05, 4.69) is 26.8 Å². The first kappa shape index (κ1) is 11.0. The van der Waals surface area contributed by atoms with Crippen LogP contribution in [0.5, 0.6) is 0 Å². The first-order valence-corrected chi connectivity index (χ1v) is 6.53. The molecule has 15 heavy (non-hydrogen) atoms. The molecule has 0 aromatic carbocycles. The zero-order chi connectivity index (χ0) is 11.1. The van der Waals surface area contributed by atoms with Crippen molar-refractivity contribution in [3.63, 3.8) is 0 Å². The maximum atomic E-state index is 9.25. The summed E-state index contributed by atoms with van der Waals surface area (Å²) >= 11 is 0. The zero-order valence-electron chi connectivity index (χ0n) is 10.3. The molecule has 1 nitrogen and oxygen atoms in total. The van der Waals surface area contributed by atoms with E-state index in [0.29, 0.717) is 11.3 Å². The average Bonchev–Trinajstić information content (AvgIpc) is 2.56. The lowest BCUT2D eigenvalue weighted by Crippen LogP contribution is -2.40. The topological polar surface area (TPSA) is 23.8 Å². The second-order valence-corrected chi connectivity index (χ2v) is 5.96. The molecule has 0 heterocycles. The third-order valence-corrected chi connectivity index (χ3v) is 5.42. The van der Waals surface area contributed by atoms with Gasteiger partial charge in [0.1, 0.15) is 0 Å². The molecule has 0 saturated heterocycles. The lowest BCUT2D eigenvalue weighted by atomic mass is 9.58. The van der Waals surface area contributed by atoms with Crippen molar-refractivity contribution < 1.29 is 0 Å². The number of fused-ring (bicyclic) bond motifs is 1. The van der Waals surface area contributed by atoms with Crippen molar-refractivity contribution in [3.8, 4) is 6.07 Å². The molecule has 2 aliphatic carbocycles. The molecular weight excluding hydrogens is 182 g/mol. The van der Waals surface area contributed by atoms with Crippen molar-refractivity contribution in [1.29, 1.82) is 5.26 Å². The fourth-order valence-electron chi connectivity index (χ4n) is 4.38. The molecule has 0 aromatic heterocycles. The maximum absolute atomic E-state index is 9.25. The van der Waals surface area contributed by atoms with Gasteiger partial charge >= 0.3 is 0 Å². The highest BCUT2D eigenvalue weighted by Crippen LogP contribution is 2.59. The molecule has 0 N–H and O–H groups in total. The van der Waals surface area contributed by atoms with E-state index < -0.39 is 0 Å². The smallest absolute Gasteiger partial charge is 0.0661 e. The summed E-state index contributed by atoms with van der Waals surface area (Å²) in [6, 6.07) is 2.56. The summed E-state index contributed by atoms with van der Waals surface area (Å²) in [6.07, 6.45) is 6.38. The Morgan fingerprint density at radius 2 is 2.07 bits per heavy atom. The normalized spacial score (nSPS) is 49.7. The highest BCUT2D eigenvalue weighted by atomic mass is 14.6. The molecule has 0 aliphatic heterocycles. The quantitative estimate of drug-likeness (QED) is 0.634. The van der Waals surface area contributed by atoms with Gasteiger partial charge in [0.2, 0.25) is 0 Å². The van der Waals surface area contributed by atoms with Crippen LogP contribution in [0, 0.1) is 40.4 Å². The third kappa shape index (κ3) is 1.50. The number of hydrogen-bond acceptors (Lipinski definition) is 1. The van der Waals surface area contributed by atoms with Crippen molar-refractivity contribution in [2.45, 2.75) is 52.9 Å². The first-order chi connectivity index (χ1) is 7.13. The molecule has 0 amide bonds. The van der Waals surface area contributed by atoms with Crippen LogP contribution in [0.15, 0.2) is 0 Å². The fraction of sp³-hybridized carbons (Fsp3) is 0.929. The van der Waals surface area contributed by atoms with Crippen molar-refractivity contribution >= 4 is 0 Å². The number of nitriles is 1. The molecule has 5 atom stereocenters. The van der Waals surface area contributed by atoms with Gasteiger partial charge in [0, 0.05) is 0 Å². The Morgan fingerprint density at radius 3 is 2.67 bits per heavy atom. The van der Waals surface area contributed by atoms with Crippen LogP contribution >= 0.6 is 0 Å². The number of hydrogen-bond donors (Lipinski definition) is 0. The Morgan fingerprint density at radius 1 is 1.33 bits per heavy atom. The second kappa shape index (κ2) is 3.81. The molecule has 2 rings (SSSR count). The van der Waals surface area contributed by atoms with Crippen LogP contribution < -0.4 is 0 Å². The lowest BCUT2D eigenvalue weighted by Gasteiger charge is -2.46. The molecule has 5 unspecified atom stereocenters. The molecule has 2 fully saturated rings. The Labute approximate surface area is 93.9 Å². The highest BCUT2D eigenvalue weighted by Gasteiger charge is 2.52. The first-order valence-electron chi connectivity index (χ1n) is 6.53. The SMILES string of the molecule is CCC1C(C)CCC2(C)C(C#N)CCC12.